The standard InChI is InChI=1S/C21H21BrFN3O2/c22-18-11-17(23)8-7-16(18)13-26-19(27)21(24-20(26)28)9-4-10-25(14-21)12-15-5-2-1-3-6-15/h1-3,5-8,11H,4,9-10,12-14H2,(H,24,28). The van der Waals surface area contributed by atoms with Crippen LogP contribution in [0.3, 0.4) is 0 Å². The summed E-state index contributed by atoms with van der Waals surface area (Å²) in [4.78, 5) is 29.2. The molecule has 1 spiro atoms. The maximum atomic E-state index is 13.3. The molecule has 7 heteroatoms. The Kier molecular flexibility index (Phi) is 5.21. The van der Waals surface area contributed by atoms with Gasteiger partial charge in [-0.05, 0) is 42.6 Å². The number of amides is 3. The van der Waals surface area contributed by atoms with Crippen molar-refractivity contribution in [1.29, 1.82) is 0 Å². The summed E-state index contributed by atoms with van der Waals surface area (Å²) in [7, 11) is 0. The van der Waals surface area contributed by atoms with E-state index in [1.54, 1.807) is 6.07 Å². The van der Waals surface area contributed by atoms with Gasteiger partial charge in [0.15, 0.2) is 0 Å². The van der Waals surface area contributed by atoms with Gasteiger partial charge in [0.2, 0.25) is 0 Å². The first kappa shape index (κ1) is 19.1. The third-order valence-corrected chi connectivity index (χ3v) is 6.15. The number of urea groups is 1. The second kappa shape index (κ2) is 7.64. The first-order valence-electron chi connectivity index (χ1n) is 9.31. The topological polar surface area (TPSA) is 52.7 Å². The van der Waals surface area contributed by atoms with E-state index in [1.807, 2.05) is 18.2 Å². The van der Waals surface area contributed by atoms with Gasteiger partial charge in [-0.1, -0.05) is 52.3 Å². The minimum absolute atomic E-state index is 0.117. The van der Waals surface area contributed by atoms with Gasteiger partial charge in [-0.2, -0.15) is 0 Å². The Balaban J connectivity index is 1.50. The number of benzene rings is 2. The zero-order chi connectivity index (χ0) is 19.7. The molecule has 0 bridgehead atoms. The first-order valence-corrected chi connectivity index (χ1v) is 10.1. The van der Waals surface area contributed by atoms with Gasteiger partial charge >= 0.3 is 6.03 Å². The minimum atomic E-state index is -0.878. The molecule has 2 aliphatic rings. The third kappa shape index (κ3) is 3.69. The van der Waals surface area contributed by atoms with Gasteiger partial charge in [0, 0.05) is 17.6 Å². The van der Waals surface area contributed by atoms with E-state index in [0.717, 1.165) is 19.5 Å². The fourth-order valence-corrected chi connectivity index (χ4v) is 4.51. The van der Waals surface area contributed by atoms with E-state index in [9.17, 15) is 14.0 Å². The molecule has 5 nitrogen and oxygen atoms in total. The maximum Gasteiger partial charge on any atom is 0.325 e. The summed E-state index contributed by atoms with van der Waals surface area (Å²) in [5, 5.41) is 2.94. The van der Waals surface area contributed by atoms with Gasteiger partial charge < -0.3 is 5.32 Å². The molecule has 1 atom stereocenters. The maximum absolute atomic E-state index is 13.3. The normalized spacial score (nSPS) is 22.7. The molecular formula is C21H21BrFN3O2. The number of nitrogens with zero attached hydrogens (tertiary/aromatic N) is 2. The molecule has 2 fully saturated rings. The van der Waals surface area contributed by atoms with Crippen LogP contribution in [0.4, 0.5) is 9.18 Å². The van der Waals surface area contributed by atoms with E-state index in [4.69, 9.17) is 0 Å². The van der Waals surface area contributed by atoms with Crippen LogP contribution in [-0.2, 0) is 17.9 Å². The number of carbonyl (C=O) groups excluding carboxylic acids is 2. The Morgan fingerprint density at radius 3 is 2.64 bits per heavy atom. The predicted molar refractivity (Wildman–Crippen MR) is 107 cm³/mol. The quantitative estimate of drug-likeness (QED) is 0.730. The van der Waals surface area contributed by atoms with Gasteiger partial charge in [-0.15, -0.1) is 0 Å². The van der Waals surface area contributed by atoms with Crippen LogP contribution in [0.2, 0.25) is 0 Å². The molecule has 2 heterocycles. The Bertz CT molecular complexity index is 908. The number of hydrogen-bond acceptors (Lipinski definition) is 3. The molecule has 2 aliphatic heterocycles. The SMILES string of the molecule is O=C1NC2(CCCN(Cc3ccccc3)C2)C(=O)N1Cc1ccc(F)cc1Br. The number of carbonyl (C=O) groups is 2. The van der Waals surface area contributed by atoms with Crippen LogP contribution < -0.4 is 5.32 Å². The zero-order valence-corrected chi connectivity index (χ0v) is 16.9. The van der Waals surface area contributed by atoms with Gasteiger partial charge in [-0.25, -0.2) is 9.18 Å². The molecule has 2 saturated heterocycles. The van der Waals surface area contributed by atoms with Crippen LogP contribution in [0.25, 0.3) is 0 Å². The largest absolute Gasteiger partial charge is 0.325 e. The molecule has 4 rings (SSSR count). The summed E-state index contributed by atoms with van der Waals surface area (Å²) in [5.41, 5.74) is 0.999. The number of nitrogens with one attached hydrogen (secondary N) is 1. The number of halogens is 2. The molecule has 0 aromatic heterocycles. The number of imide groups is 1. The first-order chi connectivity index (χ1) is 13.5. The van der Waals surface area contributed by atoms with Gasteiger partial charge in [0.1, 0.15) is 11.4 Å². The van der Waals surface area contributed by atoms with Crippen LogP contribution >= 0.6 is 15.9 Å². The van der Waals surface area contributed by atoms with Crippen LogP contribution in [-0.4, -0.2) is 40.4 Å². The van der Waals surface area contributed by atoms with Gasteiger partial charge in [0.05, 0.1) is 6.54 Å². The molecule has 1 unspecified atom stereocenters. The molecule has 28 heavy (non-hydrogen) atoms. The molecule has 3 amide bonds. The van der Waals surface area contributed by atoms with E-state index < -0.39 is 5.54 Å². The summed E-state index contributed by atoms with van der Waals surface area (Å²) < 4.78 is 13.9. The van der Waals surface area contributed by atoms with Crippen LogP contribution in [0.5, 0.6) is 0 Å². The third-order valence-electron chi connectivity index (χ3n) is 5.41. The summed E-state index contributed by atoms with van der Waals surface area (Å²) >= 11 is 3.31. The van der Waals surface area contributed by atoms with E-state index >= 15 is 0 Å². The van der Waals surface area contributed by atoms with Crippen LogP contribution in [0.1, 0.15) is 24.0 Å². The fourth-order valence-electron chi connectivity index (χ4n) is 4.04. The van der Waals surface area contributed by atoms with Gasteiger partial charge in [0.25, 0.3) is 5.91 Å². The zero-order valence-electron chi connectivity index (χ0n) is 15.3. The number of rotatable bonds is 4. The average molecular weight is 446 g/mol. The van der Waals surface area contributed by atoms with Crippen molar-refractivity contribution in [2.24, 2.45) is 0 Å². The highest BCUT2D eigenvalue weighted by Crippen LogP contribution is 2.31. The Morgan fingerprint density at radius 2 is 1.89 bits per heavy atom. The van der Waals surface area contributed by atoms with E-state index in [-0.39, 0.29) is 24.3 Å². The van der Waals surface area contributed by atoms with Crippen molar-refractivity contribution in [3.05, 3.63) is 69.9 Å². The molecule has 0 radical (unpaired) electrons. The van der Waals surface area contributed by atoms with Crippen LogP contribution in [0.15, 0.2) is 53.0 Å². The van der Waals surface area contributed by atoms with Crippen molar-refractivity contribution in [2.75, 3.05) is 13.1 Å². The molecule has 2 aromatic rings. The lowest BCUT2D eigenvalue weighted by Gasteiger charge is -2.38. The molecule has 0 aliphatic carbocycles. The van der Waals surface area contributed by atoms with Crippen molar-refractivity contribution in [1.82, 2.24) is 15.1 Å². The lowest BCUT2D eigenvalue weighted by molar-refractivity contribution is -0.133. The highest BCUT2D eigenvalue weighted by molar-refractivity contribution is 9.10. The average Bonchev–Trinajstić information content (AvgIpc) is 2.88. The molecule has 146 valence electrons. The van der Waals surface area contributed by atoms with Crippen LogP contribution in [0, 0.1) is 5.82 Å². The Morgan fingerprint density at radius 1 is 1.11 bits per heavy atom. The van der Waals surface area contributed by atoms with Gasteiger partial charge in [-0.3, -0.25) is 14.6 Å². The molecular weight excluding hydrogens is 425 g/mol. The fraction of sp³-hybridized carbons (Fsp3) is 0.333. The second-order valence-electron chi connectivity index (χ2n) is 7.44. The summed E-state index contributed by atoms with van der Waals surface area (Å²) in [6.45, 7) is 2.25. The predicted octanol–water partition coefficient (Wildman–Crippen LogP) is 3.67. The molecule has 2 aromatic carbocycles. The number of likely N-dealkylation sites (tertiary alicyclic amines) is 1. The smallest absolute Gasteiger partial charge is 0.322 e. The summed E-state index contributed by atoms with van der Waals surface area (Å²) in [6, 6.07) is 14.0. The molecule has 1 N–H and O–H groups in total. The van der Waals surface area contributed by atoms with Crippen molar-refractivity contribution in [3.63, 3.8) is 0 Å². The highest BCUT2D eigenvalue weighted by atomic mass is 79.9. The summed E-state index contributed by atoms with van der Waals surface area (Å²) in [6.07, 6.45) is 1.47. The van der Waals surface area contributed by atoms with Crippen molar-refractivity contribution >= 4 is 27.9 Å². The van der Waals surface area contributed by atoms with Crippen molar-refractivity contribution in [2.45, 2.75) is 31.5 Å². The highest BCUT2D eigenvalue weighted by Gasteiger charge is 2.52. The number of piperidine rings is 1. The Hall–Kier alpha value is -2.25. The van der Waals surface area contributed by atoms with E-state index in [1.165, 1.54) is 22.6 Å². The lowest BCUT2D eigenvalue weighted by atomic mass is 9.88. The van der Waals surface area contributed by atoms with Crippen molar-refractivity contribution < 1.29 is 14.0 Å². The van der Waals surface area contributed by atoms with Crippen molar-refractivity contribution in [3.8, 4) is 0 Å². The van der Waals surface area contributed by atoms with E-state index in [0.29, 0.717) is 23.0 Å². The lowest BCUT2D eigenvalue weighted by Crippen LogP contribution is -2.58. The summed E-state index contributed by atoms with van der Waals surface area (Å²) in [5.74, 6) is -0.570. The Labute approximate surface area is 171 Å². The minimum Gasteiger partial charge on any atom is -0.322 e. The number of hydrogen-bond donors (Lipinski definition) is 1. The second-order valence-corrected chi connectivity index (χ2v) is 8.29. The van der Waals surface area contributed by atoms with E-state index in [2.05, 4.69) is 38.3 Å². The molecule has 0 saturated carbocycles. The monoisotopic (exact) mass is 445 g/mol.